The molecular weight excluding hydrogens is 304 g/mol. The SMILES string of the molecule is O=C(NC[C@]1(O)CCSC1)c1cncc(Br)c1. The average molecular weight is 317 g/mol. The van der Waals surface area contributed by atoms with E-state index < -0.39 is 5.60 Å². The van der Waals surface area contributed by atoms with Gasteiger partial charge in [0.25, 0.3) is 5.91 Å². The summed E-state index contributed by atoms with van der Waals surface area (Å²) in [6.07, 6.45) is 3.86. The zero-order chi connectivity index (χ0) is 12.3. The number of pyridine rings is 1. The Labute approximate surface area is 112 Å². The largest absolute Gasteiger partial charge is 0.387 e. The Bertz CT molecular complexity index is 422. The smallest absolute Gasteiger partial charge is 0.252 e. The van der Waals surface area contributed by atoms with E-state index >= 15 is 0 Å². The van der Waals surface area contributed by atoms with E-state index in [4.69, 9.17) is 0 Å². The Morgan fingerprint density at radius 2 is 2.47 bits per heavy atom. The molecule has 1 aliphatic heterocycles. The van der Waals surface area contributed by atoms with E-state index in [0.717, 1.165) is 16.6 Å². The van der Waals surface area contributed by atoms with Crippen molar-refractivity contribution in [2.75, 3.05) is 18.1 Å². The number of nitrogens with zero attached hydrogens (tertiary/aromatic N) is 1. The first-order valence-corrected chi connectivity index (χ1v) is 7.23. The van der Waals surface area contributed by atoms with Crippen molar-refractivity contribution in [1.29, 1.82) is 0 Å². The van der Waals surface area contributed by atoms with Crippen molar-refractivity contribution in [2.24, 2.45) is 0 Å². The highest BCUT2D eigenvalue weighted by Gasteiger charge is 2.32. The first kappa shape index (κ1) is 12.9. The molecule has 17 heavy (non-hydrogen) atoms. The van der Waals surface area contributed by atoms with Crippen molar-refractivity contribution in [2.45, 2.75) is 12.0 Å². The molecule has 1 atom stereocenters. The van der Waals surface area contributed by atoms with Gasteiger partial charge in [0.1, 0.15) is 0 Å². The first-order chi connectivity index (χ1) is 8.09. The molecule has 0 radical (unpaired) electrons. The van der Waals surface area contributed by atoms with Crippen molar-refractivity contribution in [1.82, 2.24) is 10.3 Å². The molecule has 1 amide bonds. The highest BCUT2D eigenvalue weighted by molar-refractivity contribution is 9.10. The number of hydrogen-bond acceptors (Lipinski definition) is 4. The minimum atomic E-state index is -0.750. The summed E-state index contributed by atoms with van der Waals surface area (Å²) >= 11 is 4.97. The highest BCUT2D eigenvalue weighted by atomic mass is 79.9. The molecule has 1 aromatic heterocycles. The fourth-order valence-corrected chi connectivity index (χ4v) is 3.28. The second-order valence-electron chi connectivity index (χ2n) is 4.10. The van der Waals surface area contributed by atoms with Crippen LogP contribution in [0.3, 0.4) is 0 Å². The molecule has 4 nitrogen and oxygen atoms in total. The minimum Gasteiger partial charge on any atom is -0.387 e. The number of rotatable bonds is 3. The summed E-state index contributed by atoms with van der Waals surface area (Å²) in [6.45, 7) is 0.297. The number of nitrogens with one attached hydrogen (secondary N) is 1. The van der Waals surface area contributed by atoms with E-state index in [2.05, 4.69) is 26.2 Å². The molecule has 2 N–H and O–H groups in total. The van der Waals surface area contributed by atoms with Crippen LogP contribution >= 0.6 is 27.7 Å². The number of carbonyl (C=O) groups excluding carboxylic acids is 1. The van der Waals surface area contributed by atoms with E-state index in [0.29, 0.717) is 17.9 Å². The molecule has 2 heterocycles. The van der Waals surface area contributed by atoms with Gasteiger partial charge in [0.05, 0.1) is 11.2 Å². The van der Waals surface area contributed by atoms with Crippen LogP contribution in [0.1, 0.15) is 16.8 Å². The van der Waals surface area contributed by atoms with Gasteiger partial charge in [0.15, 0.2) is 0 Å². The highest BCUT2D eigenvalue weighted by Crippen LogP contribution is 2.27. The lowest BCUT2D eigenvalue weighted by Crippen LogP contribution is -2.42. The molecular formula is C11H13BrN2O2S. The second kappa shape index (κ2) is 5.37. The van der Waals surface area contributed by atoms with Crippen molar-refractivity contribution in [3.63, 3.8) is 0 Å². The Morgan fingerprint density at radius 1 is 1.65 bits per heavy atom. The van der Waals surface area contributed by atoms with Gasteiger partial charge in [0.2, 0.25) is 0 Å². The molecule has 0 bridgehead atoms. The maximum absolute atomic E-state index is 11.8. The van der Waals surface area contributed by atoms with Crippen molar-refractivity contribution < 1.29 is 9.90 Å². The number of hydrogen-bond donors (Lipinski definition) is 2. The van der Waals surface area contributed by atoms with Gasteiger partial charge in [-0.05, 0) is 34.2 Å². The lowest BCUT2D eigenvalue weighted by atomic mass is 10.0. The predicted molar refractivity (Wildman–Crippen MR) is 71.2 cm³/mol. The Hall–Kier alpha value is -0.590. The van der Waals surface area contributed by atoms with Crippen LogP contribution in [0.5, 0.6) is 0 Å². The number of aliphatic hydroxyl groups is 1. The summed E-state index contributed by atoms with van der Waals surface area (Å²) in [7, 11) is 0. The number of carbonyl (C=O) groups is 1. The standard InChI is InChI=1S/C11H13BrN2O2S/c12-9-3-8(4-13-5-9)10(15)14-6-11(16)1-2-17-7-11/h3-5,16H,1-2,6-7H2,(H,14,15)/t11-/m1/s1. The first-order valence-electron chi connectivity index (χ1n) is 5.28. The fourth-order valence-electron chi connectivity index (χ4n) is 1.62. The number of thioether (sulfide) groups is 1. The molecule has 0 aliphatic carbocycles. The number of aromatic nitrogens is 1. The van der Waals surface area contributed by atoms with Crippen LogP contribution in [0.4, 0.5) is 0 Å². The fraction of sp³-hybridized carbons (Fsp3) is 0.455. The molecule has 0 unspecified atom stereocenters. The van der Waals surface area contributed by atoms with Gasteiger partial charge in [-0.2, -0.15) is 11.8 Å². The van der Waals surface area contributed by atoms with E-state index in [-0.39, 0.29) is 5.91 Å². The van der Waals surface area contributed by atoms with E-state index in [1.54, 1.807) is 24.0 Å². The van der Waals surface area contributed by atoms with Gasteiger partial charge < -0.3 is 10.4 Å². The van der Waals surface area contributed by atoms with E-state index in [1.165, 1.54) is 6.20 Å². The molecule has 1 aliphatic rings. The Morgan fingerprint density at radius 3 is 3.12 bits per heavy atom. The lowest BCUT2D eigenvalue weighted by Gasteiger charge is -2.21. The maximum Gasteiger partial charge on any atom is 0.252 e. The van der Waals surface area contributed by atoms with Gasteiger partial charge in [-0.3, -0.25) is 9.78 Å². The van der Waals surface area contributed by atoms with E-state index in [9.17, 15) is 9.90 Å². The summed E-state index contributed by atoms with van der Waals surface area (Å²) in [5, 5.41) is 12.8. The van der Waals surface area contributed by atoms with Crippen molar-refractivity contribution in [3.05, 3.63) is 28.5 Å². The summed E-state index contributed by atoms with van der Waals surface area (Å²) in [5.41, 5.74) is -0.256. The average Bonchev–Trinajstić information content (AvgIpc) is 2.74. The van der Waals surface area contributed by atoms with E-state index in [1.807, 2.05) is 0 Å². The monoisotopic (exact) mass is 316 g/mol. The summed E-state index contributed by atoms with van der Waals surface area (Å²) in [6, 6.07) is 1.70. The molecule has 1 aromatic rings. The summed E-state index contributed by atoms with van der Waals surface area (Å²) < 4.78 is 0.764. The summed E-state index contributed by atoms with van der Waals surface area (Å²) in [4.78, 5) is 15.7. The minimum absolute atomic E-state index is 0.205. The van der Waals surface area contributed by atoms with Crippen LogP contribution < -0.4 is 5.32 Å². The second-order valence-corrected chi connectivity index (χ2v) is 6.12. The van der Waals surface area contributed by atoms with Crippen LogP contribution in [-0.4, -0.2) is 39.6 Å². The molecule has 1 saturated heterocycles. The Balaban J connectivity index is 1.93. The summed E-state index contributed by atoms with van der Waals surface area (Å²) in [5.74, 6) is 1.43. The number of amides is 1. The third-order valence-corrected chi connectivity index (χ3v) is 4.30. The molecule has 0 saturated carbocycles. The number of halogens is 1. The quantitative estimate of drug-likeness (QED) is 0.886. The van der Waals surface area contributed by atoms with Crippen LogP contribution in [0.25, 0.3) is 0 Å². The molecule has 0 spiro atoms. The Kier molecular flexibility index (Phi) is 4.06. The van der Waals surface area contributed by atoms with Gasteiger partial charge in [-0.15, -0.1) is 0 Å². The molecule has 6 heteroatoms. The molecule has 92 valence electrons. The lowest BCUT2D eigenvalue weighted by molar-refractivity contribution is 0.0612. The third kappa shape index (κ3) is 3.43. The van der Waals surface area contributed by atoms with Crippen LogP contribution in [0.15, 0.2) is 22.9 Å². The van der Waals surface area contributed by atoms with Crippen molar-refractivity contribution in [3.8, 4) is 0 Å². The zero-order valence-electron chi connectivity index (χ0n) is 9.15. The molecule has 1 fully saturated rings. The van der Waals surface area contributed by atoms with Crippen LogP contribution in [0.2, 0.25) is 0 Å². The van der Waals surface area contributed by atoms with Gasteiger partial charge in [-0.1, -0.05) is 0 Å². The molecule has 0 aromatic carbocycles. The van der Waals surface area contributed by atoms with Crippen molar-refractivity contribution >= 4 is 33.6 Å². The predicted octanol–water partition coefficient (Wildman–Crippen LogP) is 1.44. The van der Waals surface area contributed by atoms with Gasteiger partial charge >= 0.3 is 0 Å². The van der Waals surface area contributed by atoms with Crippen LogP contribution in [0, 0.1) is 0 Å². The van der Waals surface area contributed by atoms with Crippen LogP contribution in [-0.2, 0) is 0 Å². The topological polar surface area (TPSA) is 62.2 Å². The molecule has 2 rings (SSSR count). The van der Waals surface area contributed by atoms with Gasteiger partial charge in [0, 0.05) is 29.2 Å². The maximum atomic E-state index is 11.8. The van der Waals surface area contributed by atoms with Gasteiger partial charge in [-0.25, -0.2) is 0 Å². The normalized spacial score (nSPS) is 23.6. The third-order valence-electron chi connectivity index (χ3n) is 2.63. The zero-order valence-corrected chi connectivity index (χ0v) is 11.6.